The number of hydrogen-bond acceptors (Lipinski definition) is 3. The average molecular weight is 267 g/mol. The van der Waals surface area contributed by atoms with Gasteiger partial charge in [-0.05, 0) is 19.0 Å². The topological polar surface area (TPSA) is 30.5 Å². The van der Waals surface area contributed by atoms with Crippen LogP contribution in [0, 0.1) is 5.82 Å². The second-order valence-electron chi connectivity index (χ2n) is 5.07. The van der Waals surface area contributed by atoms with Crippen molar-refractivity contribution in [2.45, 2.75) is 38.3 Å². The minimum atomic E-state index is -0.373. The molecular weight excluding hydrogens is 245 g/mol. The van der Waals surface area contributed by atoms with E-state index < -0.39 is 0 Å². The second-order valence-corrected chi connectivity index (χ2v) is 5.07. The fourth-order valence-electron chi connectivity index (χ4n) is 2.74. The van der Waals surface area contributed by atoms with Crippen molar-refractivity contribution >= 4 is 0 Å². The number of rotatable bonds is 5. The molecule has 19 heavy (non-hydrogen) atoms. The van der Waals surface area contributed by atoms with Gasteiger partial charge in [-0.2, -0.15) is 0 Å². The summed E-state index contributed by atoms with van der Waals surface area (Å²) in [6.07, 6.45) is 1.67. The van der Waals surface area contributed by atoms with Gasteiger partial charge in [0, 0.05) is 31.2 Å². The van der Waals surface area contributed by atoms with Gasteiger partial charge in [0.05, 0.1) is 6.61 Å². The molecule has 1 heterocycles. The highest BCUT2D eigenvalue weighted by atomic mass is 19.1. The summed E-state index contributed by atoms with van der Waals surface area (Å²) >= 11 is 0. The highest BCUT2D eigenvalue weighted by Crippen LogP contribution is 2.41. The Bertz CT molecular complexity index is 438. The molecule has 0 amide bonds. The van der Waals surface area contributed by atoms with Gasteiger partial charge in [-0.15, -0.1) is 0 Å². The lowest BCUT2D eigenvalue weighted by atomic mass is 9.85. The van der Waals surface area contributed by atoms with E-state index in [2.05, 4.69) is 19.2 Å². The number of nitrogens with one attached hydrogen (secondary N) is 1. The highest BCUT2D eigenvalue weighted by Gasteiger charge is 2.39. The van der Waals surface area contributed by atoms with Crippen LogP contribution in [-0.2, 0) is 4.74 Å². The molecule has 0 fully saturated rings. The third kappa shape index (κ3) is 2.90. The molecule has 1 aliphatic heterocycles. The van der Waals surface area contributed by atoms with Crippen molar-refractivity contribution in [1.29, 1.82) is 0 Å². The molecule has 1 aromatic rings. The predicted octanol–water partition coefficient (Wildman–Crippen LogP) is 3.05. The number of ether oxygens (including phenoxy) is 2. The van der Waals surface area contributed by atoms with Crippen LogP contribution in [0.25, 0.3) is 0 Å². The zero-order valence-electron chi connectivity index (χ0n) is 11.8. The second kappa shape index (κ2) is 5.88. The fraction of sp³-hybridized carbons (Fsp3) is 0.600. The number of halogens is 1. The zero-order chi connectivity index (χ0) is 13.9. The van der Waals surface area contributed by atoms with Crippen LogP contribution < -0.4 is 10.1 Å². The Balaban J connectivity index is 2.37. The van der Waals surface area contributed by atoms with E-state index >= 15 is 0 Å². The molecule has 0 saturated heterocycles. The molecule has 0 bridgehead atoms. The fourth-order valence-corrected chi connectivity index (χ4v) is 2.74. The Kier molecular flexibility index (Phi) is 4.42. The Morgan fingerprint density at radius 1 is 1.47 bits per heavy atom. The van der Waals surface area contributed by atoms with Gasteiger partial charge in [0.15, 0.2) is 0 Å². The molecule has 2 unspecified atom stereocenters. The van der Waals surface area contributed by atoms with Crippen LogP contribution in [0.4, 0.5) is 4.39 Å². The molecule has 1 N–H and O–H groups in total. The van der Waals surface area contributed by atoms with Crippen LogP contribution in [0.2, 0.25) is 0 Å². The largest absolute Gasteiger partial charge is 0.484 e. The maximum atomic E-state index is 13.4. The van der Waals surface area contributed by atoms with E-state index in [4.69, 9.17) is 9.47 Å². The molecule has 2 atom stereocenters. The van der Waals surface area contributed by atoms with Gasteiger partial charge in [-0.1, -0.05) is 19.9 Å². The number of methoxy groups -OCH3 is 1. The highest BCUT2D eigenvalue weighted by molar-refractivity contribution is 5.39. The maximum Gasteiger partial charge on any atom is 0.134 e. The van der Waals surface area contributed by atoms with E-state index in [-0.39, 0.29) is 17.5 Å². The maximum absolute atomic E-state index is 13.4. The van der Waals surface area contributed by atoms with E-state index in [1.165, 1.54) is 12.1 Å². The molecule has 0 aliphatic carbocycles. The third-order valence-electron chi connectivity index (χ3n) is 3.76. The first-order valence-electron chi connectivity index (χ1n) is 6.85. The monoisotopic (exact) mass is 267 g/mol. The minimum absolute atomic E-state index is 0.185. The number of hydrogen-bond donors (Lipinski definition) is 1. The Morgan fingerprint density at radius 3 is 2.89 bits per heavy atom. The first-order valence-corrected chi connectivity index (χ1v) is 6.85. The van der Waals surface area contributed by atoms with Crippen LogP contribution in [-0.4, -0.2) is 25.9 Å². The molecule has 0 saturated carbocycles. The normalized spacial score (nSPS) is 25.8. The standard InChI is InChI=1S/C15H22FNO2/c1-4-15(10-18-3)9-13(17-5-2)12-7-6-11(16)8-14(12)19-15/h6-8,13,17H,4-5,9-10H2,1-3H3. The molecular formula is C15H22FNO2. The van der Waals surface area contributed by atoms with Crippen molar-refractivity contribution in [1.82, 2.24) is 5.32 Å². The molecule has 1 aromatic carbocycles. The first-order chi connectivity index (χ1) is 9.14. The van der Waals surface area contributed by atoms with E-state index in [1.807, 2.05) is 6.07 Å². The lowest BCUT2D eigenvalue weighted by Crippen LogP contribution is -2.47. The van der Waals surface area contributed by atoms with Gasteiger partial charge in [0.2, 0.25) is 0 Å². The summed E-state index contributed by atoms with van der Waals surface area (Å²) in [6.45, 7) is 5.53. The summed E-state index contributed by atoms with van der Waals surface area (Å²) < 4.78 is 24.8. The Hall–Kier alpha value is -1.13. The van der Waals surface area contributed by atoms with Gasteiger partial charge in [0.1, 0.15) is 17.2 Å². The molecule has 0 aromatic heterocycles. The van der Waals surface area contributed by atoms with Crippen LogP contribution in [0.15, 0.2) is 18.2 Å². The van der Waals surface area contributed by atoms with Crippen LogP contribution >= 0.6 is 0 Å². The molecule has 0 spiro atoms. The van der Waals surface area contributed by atoms with Crippen molar-refractivity contribution in [3.63, 3.8) is 0 Å². The van der Waals surface area contributed by atoms with E-state index in [9.17, 15) is 4.39 Å². The summed E-state index contributed by atoms with van der Waals surface area (Å²) in [4.78, 5) is 0. The summed E-state index contributed by atoms with van der Waals surface area (Å²) in [5, 5.41) is 3.45. The molecule has 1 aliphatic rings. The third-order valence-corrected chi connectivity index (χ3v) is 3.76. The number of fused-ring (bicyclic) bond motifs is 1. The molecule has 106 valence electrons. The average Bonchev–Trinajstić information content (AvgIpc) is 2.39. The summed E-state index contributed by atoms with van der Waals surface area (Å²) in [5.74, 6) is 0.370. The van der Waals surface area contributed by atoms with Crippen molar-refractivity contribution in [3.05, 3.63) is 29.6 Å². The van der Waals surface area contributed by atoms with Gasteiger partial charge in [-0.3, -0.25) is 0 Å². The van der Waals surface area contributed by atoms with Crippen LogP contribution in [0.5, 0.6) is 5.75 Å². The molecule has 4 heteroatoms. The van der Waals surface area contributed by atoms with Gasteiger partial charge >= 0.3 is 0 Å². The Morgan fingerprint density at radius 2 is 2.26 bits per heavy atom. The smallest absolute Gasteiger partial charge is 0.134 e. The van der Waals surface area contributed by atoms with Crippen molar-refractivity contribution in [3.8, 4) is 5.75 Å². The summed E-state index contributed by atoms with van der Waals surface area (Å²) in [6, 6.07) is 4.95. The number of benzene rings is 1. The predicted molar refractivity (Wildman–Crippen MR) is 73.0 cm³/mol. The lowest BCUT2D eigenvalue weighted by Gasteiger charge is -2.41. The van der Waals surface area contributed by atoms with Gasteiger partial charge in [-0.25, -0.2) is 4.39 Å². The van der Waals surface area contributed by atoms with Crippen LogP contribution in [0.1, 0.15) is 38.3 Å². The minimum Gasteiger partial charge on any atom is -0.484 e. The van der Waals surface area contributed by atoms with Crippen molar-refractivity contribution < 1.29 is 13.9 Å². The van der Waals surface area contributed by atoms with Crippen molar-refractivity contribution in [2.75, 3.05) is 20.3 Å². The van der Waals surface area contributed by atoms with E-state index in [1.54, 1.807) is 7.11 Å². The first kappa shape index (κ1) is 14.3. The Labute approximate surface area is 114 Å². The van der Waals surface area contributed by atoms with Crippen LogP contribution in [0.3, 0.4) is 0 Å². The van der Waals surface area contributed by atoms with Gasteiger partial charge < -0.3 is 14.8 Å². The van der Waals surface area contributed by atoms with Gasteiger partial charge in [0.25, 0.3) is 0 Å². The zero-order valence-corrected chi connectivity index (χ0v) is 11.8. The SMILES string of the molecule is CCNC1CC(CC)(COC)Oc2cc(F)ccc21. The summed E-state index contributed by atoms with van der Waals surface area (Å²) in [5.41, 5.74) is 0.658. The quantitative estimate of drug-likeness (QED) is 0.889. The lowest BCUT2D eigenvalue weighted by molar-refractivity contribution is -0.0371. The summed E-state index contributed by atoms with van der Waals surface area (Å²) in [7, 11) is 1.67. The van der Waals surface area contributed by atoms with Crippen molar-refractivity contribution in [2.24, 2.45) is 0 Å². The van der Waals surface area contributed by atoms with E-state index in [0.717, 1.165) is 24.9 Å². The molecule has 2 rings (SSSR count). The molecule has 3 nitrogen and oxygen atoms in total. The van der Waals surface area contributed by atoms with E-state index in [0.29, 0.717) is 12.4 Å². The molecule has 0 radical (unpaired) electrons.